The molecule has 0 bridgehead atoms. The number of rotatable bonds is 4. The maximum absolute atomic E-state index is 10.7. The molecule has 1 aromatic rings. The topological polar surface area (TPSA) is 76.2 Å². The SMILES string of the molecule is CC(c1ccncc1)C(S)C(N)C(=O)O. The van der Waals surface area contributed by atoms with E-state index in [9.17, 15) is 4.79 Å². The third-order valence-corrected chi connectivity index (χ3v) is 3.17. The fraction of sp³-hybridized carbons (Fsp3) is 0.400. The Morgan fingerprint density at radius 3 is 2.53 bits per heavy atom. The van der Waals surface area contributed by atoms with Gasteiger partial charge in [-0.15, -0.1) is 0 Å². The average molecular weight is 226 g/mol. The van der Waals surface area contributed by atoms with E-state index in [0.717, 1.165) is 5.56 Å². The molecule has 0 saturated carbocycles. The van der Waals surface area contributed by atoms with Gasteiger partial charge in [-0.3, -0.25) is 9.78 Å². The van der Waals surface area contributed by atoms with Crippen molar-refractivity contribution in [3.05, 3.63) is 30.1 Å². The number of hydrogen-bond acceptors (Lipinski definition) is 4. The summed E-state index contributed by atoms with van der Waals surface area (Å²) in [6.07, 6.45) is 3.33. The molecule has 0 amide bonds. The standard InChI is InChI=1S/C10H14N2O2S/c1-6(7-2-4-12-5-3-7)9(15)8(11)10(13)14/h2-6,8-9,15H,11H2,1H3,(H,13,14). The molecule has 0 fully saturated rings. The number of carboxylic acid groups (broad SMARTS) is 1. The molecule has 0 aliphatic heterocycles. The number of pyridine rings is 1. The lowest BCUT2D eigenvalue weighted by atomic mass is 9.94. The Kier molecular flexibility index (Phi) is 4.11. The monoisotopic (exact) mass is 226 g/mol. The van der Waals surface area contributed by atoms with E-state index in [1.54, 1.807) is 12.4 Å². The number of nitrogens with zero attached hydrogens (tertiary/aromatic N) is 1. The van der Waals surface area contributed by atoms with Gasteiger partial charge in [0, 0.05) is 17.6 Å². The van der Waals surface area contributed by atoms with Gasteiger partial charge >= 0.3 is 5.97 Å². The van der Waals surface area contributed by atoms with Crippen LogP contribution in [0.25, 0.3) is 0 Å². The minimum Gasteiger partial charge on any atom is -0.480 e. The van der Waals surface area contributed by atoms with Crippen molar-refractivity contribution < 1.29 is 9.90 Å². The minimum absolute atomic E-state index is 0.0255. The van der Waals surface area contributed by atoms with Gasteiger partial charge in [-0.1, -0.05) is 6.92 Å². The molecule has 0 saturated heterocycles. The van der Waals surface area contributed by atoms with E-state index in [2.05, 4.69) is 17.6 Å². The van der Waals surface area contributed by atoms with Gasteiger partial charge in [0.2, 0.25) is 0 Å². The lowest BCUT2D eigenvalue weighted by Gasteiger charge is -2.22. The van der Waals surface area contributed by atoms with Crippen molar-refractivity contribution in [1.29, 1.82) is 0 Å². The Labute approximate surface area is 93.9 Å². The lowest BCUT2D eigenvalue weighted by Crippen LogP contribution is -2.41. The molecule has 82 valence electrons. The van der Waals surface area contributed by atoms with Gasteiger partial charge in [0.05, 0.1) is 0 Å². The fourth-order valence-corrected chi connectivity index (χ4v) is 1.62. The first-order chi connectivity index (χ1) is 7.04. The number of carbonyl (C=O) groups is 1. The highest BCUT2D eigenvalue weighted by Crippen LogP contribution is 2.24. The van der Waals surface area contributed by atoms with E-state index in [1.807, 2.05) is 19.1 Å². The number of carboxylic acids is 1. The van der Waals surface area contributed by atoms with Crippen LogP contribution >= 0.6 is 12.6 Å². The third kappa shape index (κ3) is 2.94. The molecule has 15 heavy (non-hydrogen) atoms. The molecule has 0 aromatic carbocycles. The zero-order valence-corrected chi connectivity index (χ0v) is 9.26. The molecular formula is C10H14N2O2S. The molecule has 1 rings (SSSR count). The fourth-order valence-electron chi connectivity index (χ4n) is 1.32. The number of nitrogens with two attached hydrogens (primary N) is 1. The van der Waals surface area contributed by atoms with Crippen molar-refractivity contribution in [2.24, 2.45) is 5.73 Å². The van der Waals surface area contributed by atoms with Gasteiger partial charge < -0.3 is 10.8 Å². The van der Waals surface area contributed by atoms with E-state index in [1.165, 1.54) is 0 Å². The van der Waals surface area contributed by atoms with Crippen LogP contribution in [0.15, 0.2) is 24.5 Å². The summed E-state index contributed by atoms with van der Waals surface area (Å²) in [7, 11) is 0. The van der Waals surface area contributed by atoms with Crippen molar-refractivity contribution >= 4 is 18.6 Å². The molecule has 0 aliphatic rings. The third-order valence-electron chi connectivity index (χ3n) is 2.40. The van der Waals surface area contributed by atoms with Crippen LogP contribution in [0.1, 0.15) is 18.4 Å². The first-order valence-electron chi connectivity index (χ1n) is 4.60. The van der Waals surface area contributed by atoms with E-state index in [-0.39, 0.29) is 5.92 Å². The zero-order chi connectivity index (χ0) is 11.4. The zero-order valence-electron chi connectivity index (χ0n) is 8.37. The maximum atomic E-state index is 10.7. The first-order valence-corrected chi connectivity index (χ1v) is 5.12. The van der Waals surface area contributed by atoms with Gasteiger partial charge in [-0.05, 0) is 23.6 Å². The highest BCUT2D eigenvalue weighted by Gasteiger charge is 2.26. The Hall–Kier alpha value is -1.07. The molecule has 3 N–H and O–H groups in total. The Morgan fingerprint density at radius 2 is 2.07 bits per heavy atom. The Morgan fingerprint density at radius 1 is 1.53 bits per heavy atom. The molecule has 1 heterocycles. The predicted octanol–water partition coefficient (Wildman–Crippen LogP) is 0.895. The number of thiol groups is 1. The molecular weight excluding hydrogens is 212 g/mol. The molecule has 0 aliphatic carbocycles. The van der Waals surface area contributed by atoms with Crippen molar-refractivity contribution in [3.8, 4) is 0 Å². The summed E-state index contributed by atoms with van der Waals surface area (Å²) >= 11 is 4.24. The van der Waals surface area contributed by atoms with Crippen molar-refractivity contribution in [1.82, 2.24) is 4.98 Å². The summed E-state index contributed by atoms with van der Waals surface area (Å²) in [6.45, 7) is 1.90. The van der Waals surface area contributed by atoms with Crippen LogP contribution in [-0.2, 0) is 4.79 Å². The van der Waals surface area contributed by atoms with Crippen LogP contribution in [0.3, 0.4) is 0 Å². The molecule has 3 atom stereocenters. The quantitative estimate of drug-likeness (QED) is 0.667. The molecule has 0 spiro atoms. The largest absolute Gasteiger partial charge is 0.480 e. The summed E-state index contributed by atoms with van der Waals surface area (Å²) in [4.78, 5) is 14.6. The van der Waals surface area contributed by atoms with E-state index >= 15 is 0 Å². The number of aromatic nitrogens is 1. The molecule has 4 nitrogen and oxygen atoms in total. The average Bonchev–Trinajstić information content (AvgIpc) is 2.27. The molecule has 1 aromatic heterocycles. The number of hydrogen-bond donors (Lipinski definition) is 3. The normalized spacial score (nSPS) is 16.7. The molecule has 5 heteroatoms. The minimum atomic E-state index is -1.03. The van der Waals surface area contributed by atoms with Crippen LogP contribution in [0.2, 0.25) is 0 Å². The van der Waals surface area contributed by atoms with Crippen LogP contribution in [0, 0.1) is 0 Å². The smallest absolute Gasteiger partial charge is 0.321 e. The van der Waals surface area contributed by atoms with E-state index < -0.39 is 17.3 Å². The van der Waals surface area contributed by atoms with Crippen molar-refractivity contribution in [3.63, 3.8) is 0 Å². The maximum Gasteiger partial charge on any atom is 0.321 e. The van der Waals surface area contributed by atoms with Crippen LogP contribution in [0.4, 0.5) is 0 Å². The molecule has 3 unspecified atom stereocenters. The predicted molar refractivity (Wildman–Crippen MR) is 61.0 cm³/mol. The van der Waals surface area contributed by atoms with Gasteiger partial charge in [-0.2, -0.15) is 12.6 Å². The molecule has 0 radical (unpaired) electrons. The van der Waals surface area contributed by atoms with E-state index in [4.69, 9.17) is 10.8 Å². The van der Waals surface area contributed by atoms with Crippen molar-refractivity contribution in [2.75, 3.05) is 0 Å². The van der Waals surface area contributed by atoms with Crippen LogP contribution in [0.5, 0.6) is 0 Å². The van der Waals surface area contributed by atoms with Gasteiger partial charge in [0.25, 0.3) is 0 Å². The Balaban J connectivity index is 2.77. The van der Waals surface area contributed by atoms with E-state index in [0.29, 0.717) is 0 Å². The highest BCUT2D eigenvalue weighted by molar-refractivity contribution is 7.81. The summed E-state index contributed by atoms with van der Waals surface area (Å²) in [6, 6.07) is 2.71. The highest BCUT2D eigenvalue weighted by atomic mass is 32.1. The Bertz CT molecular complexity index is 331. The summed E-state index contributed by atoms with van der Waals surface area (Å²) in [5.41, 5.74) is 6.49. The second-order valence-electron chi connectivity index (χ2n) is 3.42. The van der Waals surface area contributed by atoms with Gasteiger partial charge in [-0.25, -0.2) is 0 Å². The first kappa shape index (κ1) is 12.0. The van der Waals surface area contributed by atoms with Gasteiger partial charge in [0.15, 0.2) is 0 Å². The van der Waals surface area contributed by atoms with Crippen LogP contribution < -0.4 is 5.73 Å². The lowest BCUT2D eigenvalue weighted by molar-refractivity contribution is -0.138. The summed E-state index contributed by atoms with van der Waals surface area (Å²) in [5.74, 6) is -1.06. The second-order valence-corrected chi connectivity index (χ2v) is 4.02. The van der Waals surface area contributed by atoms with Gasteiger partial charge in [0.1, 0.15) is 6.04 Å². The summed E-state index contributed by atoms with van der Waals surface area (Å²) < 4.78 is 0. The van der Waals surface area contributed by atoms with Crippen LogP contribution in [-0.4, -0.2) is 27.4 Å². The number of aliphatic carboxylic acids is 1. The summed E-state index contributed by atoms with van der Waals surface area (Å²) in [5, 5.41) is 8.35. The van der Waals surface area contributed by atoms with Crippen molar-refractivity contribution in [2.45, 2.75) is 24.1 Å². The second kappa shape index (κ2) is 5.14.